The summed E-state index contributed by atoms with van der Waals surface area (Å²) in [4.78, 5) is 11.7. The SMILES string of the molecule is Cc1ccc(C(F)(F)F)cc1NC(=O)CCCCCN. The minimum absolute atomic E-state index is 0.212. The van der Waals surface area contributed by atoms with Gasteiger partial charge in [-0.3, -0.25) is 4.79 Å². The molecule has 0 fully saturated rings. The quantitative estimate of drug-likeness (QED) is 0.787. The topological polar surface area (TPSA) is 55.1 Å². The summed E-state index contributed by atoms with van der Waals surface area (Å²) >= 11 is 0. The van der Waals surface area contributed by atoms with Crippen LogP contribution in [0.1, 0.15) is 36.8 Å². The van der Waals surface area contributed by atoms with Crippen molar-refractivity contribution in [3.05, 3.63) is 29.3 Å². The molecule has 0 aromatic heterocycles. The molecule has 3 N–H and O–H groups in total. The van der Waals surface area contributed by atoms with Crippen LogP contribution in [-0.2, 0) is 11.0 Å². The Bertz CT molecular complexity index is 458. The van der Waals surface area contributed by atoms with Crippen LogP contribution in [0.2, 0.25) is 0 Å². The van der Waals surface area contributed by atoms with Gasteiger partial charge in [-0.15, -0.1) is 0 Å². The maximum Gasteiger partial charge on any atom is 0.416 e. The molecule has 1 amide bonds. The first-order valence-electron chi connectivity index (χ1n) is 6.52. The number of benzene rings is 1. The van der Waals surface area contributed by atoms with E-state index in [0.29, 0.717) is 18.5 Å². The fraction of sp³-hybridized carbons (Fsp3) is 0.500. The van der Waals surface area contributed by atoms with Crippen molar-refractivity contribution in [1.82, 2.24) is 0 Å². The first kappa shape index (κ1) is 16.5. The molecule has 112 valence electrons. The lowest BCUT2D eigenvalue weighted by molar-refractivity contribution is -0.137. The lowest BCUT2D eigenvalue weighted by atomic mass is 10.1. The van der Waals surface area contributed by atoms with Gasteiger partial charge in [-0.05, 0) is 44.0 Å². The summed E-state index contributed by atoms with van der Waals surface area (Å²) in [5, 5.41) is 2.53. The summed E-state index contributed by atoms with van der Waals surface area (Å²) in [6.07, 6.45) is -1.76. The van der Waals surface area contributed by atoms with Crippen molar-refractivity contribution in [3.63, 3.8) is 0 Å². The van der Waals surface area contributed by atoms with E-state index >= 15 is 0 Å². The molecule has 1 rings (SSSR count). The van der Waals surface area contributed by atoms with Crippen LogP contribution in [0.25, 0.3) is 0 Å². The first-order valence-corrected chi connectivity index (χ1v) is 6.52. The molecule has 1 aromatic rings. The average molecular weight is 288 g/mol. The third kappa shape index (κ3) is 5.21. The number of amides is 1. The maximum absolute atomic E-state index is 12.6. The van der Waals surface area contributed by atoms with Gasteiger partial charge in [0.15, 0.2) is 0 Å². The van der Waals surface area contributed by atoms with Gasteiger partial charge >= 0.3 is 6.18 Å². The van der Waals surface area contributed by atoms with Crippen molar-refractivity contribution in [1.29, 1.82) is 0 Å². The molecule has 20 heavy (non-hydrogen) atoms. The van der Waals surface area contributed by atoms with E-state index in [9.17, 15) is 18.0 Å². The van der Waals surface area contributed by atoms with Gasteiger partial charge in [-0.1, -0.05) is 12.5 Å². The third-order valence-electron chi connectivity index (χ3n) is 2.95. The average Bonchev–Trinajstić information content (AvgIpc) is 2.36. The second-order valence-electron chi connectivity index (χ2n) is 4.67. The number of nitrogens with one attached hydrogen (secondary N) is 1. The molecule has 1 aromatic carbocycles. The highest BCUT2D eigenvalue weighted by Gasteiger charge is 2.30. The minimum atomic E-state index is -4.41. The monoisotopic (exact) mass is 288 g/mol. The lowest BCUT2D eigenvalue weighted by Gasteiger charge is -2.12. The van der Waals surface area contributed by atoms with Crippen molar-refractivity contribution in [2.75, 3.05) is 11.9 Å². The lowest BCUT2D eigenvalue weighted by Crippen LogP contribution is -2.14. The molecule has 0 aliphatic rings. The standard InChI is InChI=1S/C14H19F3N2O/c1-10-6-7-11(14(15,16)17)9-12(10)19-13(20)5-3-2-4-8-18/h6-7,9H,2-5,8,18H2,1H3,(H,19,20). The molecule has 0 spiro atoms. The molecule has 0 heterocycles. The smallest absolute Gasteiger partial charge is 0.330 e. The fourth-order valence-electron chi connectivity index (χ4n) is 1.75. The number of hydrogen-bond acceptors (Lipinski definition) is 2. The van der Waals surface area contributed by atoms with E-state index in [1.807, 2.05) is 0 Å². The molecule has 0 atom stereocenters. The predicted octanol–water partition coefficient (Wildman–Crippen LogP) is 3.47. The number of hydrogen-bond donors (Lipinski definition) is 2. The second kappa shape index (κ2) is 7.28. The summed E-state index contributed by atoms with van der Waals surface area (Å²) in [5.41, 5.74) is 5.39. The van der Waals surface area contributed by atoms with Crippen molar-refractivity contribution in [2.24, 2.45) is 5.73 Å². The highest BCUT2D eigenvalue weighted by molar-refractivity contribution is 5.91. The number of rotatable bonds is 6. The Kier molecular flexibility index (Phi) is 6.01. The number of carbonyl (C=O) groups is 1. The van der Waals surface area contributed by atoms with Gasteiger partial charge in [0, 0.05) is 12.1 Å². The maximum atomic E-state index is 12.6. The van der Waals surface area contributed by atoms with Gasteiger partial charge in [0.2, 0.25) is 5.91 Å². The molecule has 0 bridgehead atoms. The van der Waals surface area contributed by atoms with Crippen molar-refractivity contribution < 1.29 is 18.0 Å². The molecule has 0 saturated heterocycles. The summed E-state index contributed by atoms with van der Waals surface area (Å²) in [5.74, 6) is -0.274. The number of carbonyl (C=O) groups excluding carboxylic acids is 1. The number of halogens is 3. The zero-order valence-electron chi connectivity index (χ0n) is 11.4. The van der Waals surface area contributed by atoms with Gasteiger partial charge in [0.25, 0.3) is 0 Å². The van der Waals surface area contributed by atoms with Crippen LogP contribution in [0.15, 0.2) is 18.2 Å². The van der Waals surface area contributed by atoms with Gasteiger partial charge < -0.3 is 11.1 Å². The molecule has 0 saturated carbocycles. The zero-order valence-corrected chi connectivity index (χ0v) is 11.4. The second-order valence-corrected chi connectivity index (χ2v) is 4.67. The molecule has 0 aliphatic carbocycles. The van der Waals surface area contributed by atoms with Crippen LogP contribution in [0.5, 0.6) is 0 Å². The Morgan fingerprint density at radius 3 is 2.55 bits per heavy atom. The number of nitrogens with two attached hydrogens (primary N) is 1. The summed E-state index contributed by atoms with van der Waals surface area (Å²) in [7, 11) is 0. The number of unbranched alkanes of at least 4 members (excludes halogenated alkanes) is 2. The van der Waals surface area contributed by atoms with Crippen LogP contribution in [0.3, 0.4) is 0 Å². The van der Waals surface area contributed by atoms with E-state index in [-0.39, 0.29) is 18.0 Å². The Morgan fingerprint density at radius 2 is 1.95 bits per heavy atom. The summed E-state index contributed by atoms with van der Waals surface area (Å²) in [6.45, 7) is 2.23. The summed E-state index contributed by atoms with van der Waals surface area (Å²) < 4.78 is 37.8. The van der Waals surface area contributed by atoms with E-state index < -0.39 is 11.7 Å². The molecule has 0 radical (unpaired) electrons. The van der Waals surface area contributed by atoms with Gasteiger partial charge in [0.05, 0.1) is 5.56 Å². The molecule has 3 nitrogen and oxygen atoms in total. The Labute approximate surface area is 116 Å². The number of aryl methyl sites for hydroxylation is 1. The van der Waals surface area contributed by atoms with Gasteiger partial charge in [-0.2, -0.15) is 13.2 Å². The van der Waals surface area contributed by atoms with Crippen molar-refractivity contribution in [2.45, 2.75) is 38.8 Å². The predicted molar refractivity (Wildman–Crippen MR) is 72.3 cm³/mol. The van der Waals surface area contributed by atoms with Crippen LogP contribution in [0, 0.1) is 6.92 Å². The largest absolute Gasteiger partial charge is 0.416 e. The van der Waals surface area contributed by atoms with E-state index in [1.54, 1.807) is 6.92 Å². The Morgan fingerprint density at radius 1 is 1.25 bits per heavy atom. The normalized spacial score (nSPS) is 11.4. The first-order chi connectivity index (χ1) is 9.34. The highest BCUT2D eigenvalue weighted by atomic mass is 19.4. The minimum Gasteiger partial charge on any atom is -0.330 e. The van der Waals surface area contributed by atoms with E-state index in [2.05, 4.69) is 5.32 Å². The molecular weight excluding hydrogens is 269 g/mol. The molecule has 0 aliphatic heterocycles. The molecular formula is C14H19F3N2O. The van der Waals surface area contributed by atoms with E-state index in [0.717, 1.165) is 25.0 Å². The number of anilines is 1. The zero-order chi connectivity index (χ0) is 15.2. The third-order valence-corrected chi connectivity index (χ3v) is 2.95. The van der Waals surface area contributed by atoms with Gasteiger partial charge in [-0.25, -0.2) is 0 Å². The number of alkyl halides is 3. The Hall–Kier alpha value is -1.56. The van der Waals surface area contributed by atoms with Crippen LogP contribution in [-0.4, -0.2) is 12.5 Å². The van der Waals surface area contributed by atoms with Crippen LogP contribution >= 0.6 is 0 Å². The molecule has 6 heteroatoms. The van der Waals surface area contributed by atoms with Crippen LogP contribution in [0.4, 0.5) is 18.9 Å². The highest BCUT2D eigenvalue weighted by Crippen LogP contribution is 2.32. The van der Waals surface area contributed by atoms with E-state index in [1.165, 1.54) is 6.07 Å². The fourth-order valence-corrected chi connectivity index (χ4v) is 1.75. The summed E-state index contributed by atoms with van der Waals surface area (Å²) in [6, 6.07) is 3.33. The van der Waals surface area contributed by atoms with Gasteiger partial charge in [0.1, 0.15) is 0 Å². The Balaban J connectivity index is 2.65. The molecule has 0 unspecified atom stereocenters. The van der Waals surface area contributed by atoms with Crippen LogP contribution < -0.4 is 11.1 Å². The van der Waals surface area contributed by atoms with Crippen molar-refractivity contribution in [3.8, 4) is 0 Å². The van der Waals surface area contributed by atoms with E-state index in [4.69, 9.17) is 5.73 Å². The van der Waals surface area contributed by atoms with Crippen molar-refractivity contribution >= 4 is 11.6 Å².